The Morgan fingerprint density at radius 2 is 2.09 bits per heavy atom. The molecule has 0 atom stereocenters. The third kappa shape index (κ3) is 4.56. The van der Waals surface area contributed by atoms with Gasteiger partial charge in [0.05, 0.1) is 19.8 Å². The lowest BCUT2D eigenvalue weighted by Crippen LogP contribution is -2.36. The monoisotopic (exact) mass is 338 g/mol. The van der Waals surface area contributed by atoms with Gasteiger partial charge in [-0.25, -0.2) is 9.78 Å². The van der Waals surface area contributed by atoms with E-state index in [2.05, 4.69) is 41.0 Å². The van der Waals surface area contributed by atoms with Crippen LogP contribution in [0.15, 0.2) is 0 Å². The lowest BCUT2D eigenvalue weighted by molar-refractivity contribution is 0.0520. The van der Waals surface area contributed by atoms with Crippen LogP contribution in [0.25, 0.3) is 0 Å². The number of aromatic nitrogens is 1. The molecule has 0 unspecified atom stereocenters. The van der Waals surface area contributed by atoms with E-state index in [1.54, 1.807) is 6.92 Å². The number of nitrogens with zero attached hydrogens (tertiary/aromatic N) is 2. The normalized spacial score (nSPS) is 15.2. The van der Waals surface area contributed by atoms with Crippen molar-refractivity contribution in [3.8, 4) is 11.5 Å². The number of thiazole rings is 1. The Bertz CT molecular complexity index is 592. The Labute approximate surface area is 136 Å². The molecule has 1 aliphatic heterocycles. The van der Waals surface area contributed by atoms with Crippen molar-refractivity contribution in [2.75, 3.05) is 37.8 Å². The molecular weight excluding hydrogens is 316 g/mol. The Kier molecular flexibility index (Phi) is 5.61. The van der Waals surface area contributed by atoms with Crippen molar-refractivity contribution in [2.24, 2.45) is 0 Å². The highest BCUT2D eigenvalue weighted by Crippen LogP contribution is 2.30. The van der Waals surface area contributed by atoms with Crippen LogP contribution in [0.1, 0.15) is 22.4 Å². The number of carbonyl (C=O) groups excluding carboxylic acids is 1. The molecule has 22 heavy (non-hydrogen) atoms. The highest BCUT2D eigenvalue weighted by Gasteiger charge is 2.24. The smallest absolute Gasteiger partial charge is 0.360 e. The summed E-state index contributed by atoms with van der Waals surface area (Å²) >= 11 is 1.47. The minimum absolute atomic E-state index is 0.342. The Hall–Kier alpha value is -1.36. The number of ether oxygens (including phenoxy) is 2. The quantitative estimate of drug-likeness (QED) is 0.481. The summed E-state index contributed by atoms with van der Waals surface area (Å²) in [7, 11) is -1.47. The van der Waals surface area contributed by atoms with Gasteiger partial charge in [-0.2, -0.15) is 0 Å². The van der Waals surface area contributed by atoms with E-state index in [4.69, 9.17) is 9.47 Å². The molecule has 0 amide bonds. The molecule has 0 spiro atoms. The number of morpholine rings is 1. The van der Waals surface area contributed by atoms with Crippen LogP contribution < -0.4 is 4.90 Å². The van der Waals surface area contributed by atoms with Crippen molar-refractivity contribution in [3.05, 3.63) is 10.7 Å². The van der Waals surface area contributed by atoms with Gasteiger partial charge in [0, 0.05) is 13.1 Å². The molecule has 1 aliphatic rings. The standard InChI is InChI=1S/C15H22N2O3SSi/c1-5-20-15(18)13-14(17-7-9-19-10-8-17)21-12(16-13)6-11-22(2,3)4/h5,7-10H2,1-4H3. The van der Waals surface area contributed by atoms with Crippen LogP contribution in [0.4, 0.5) is 5.00 Å². The molecule has 1 saturated heterocycles. The summed E-state index contributed by atoms with van der Waals surface area (Å²) in [5.74, 6) is 2.76. The maximum Gasteiger partial charge on any atom is 0.360 e. The average Bonchev–Trinajstić information content (AvgIpc) is 2.90. The number of hydrogen-bond acceptors (Lipinski definition) is 6. The van der Waals surface area contributed by atoms with E-state index in [9.17, 15) is 4.79 Å². The minimum atomic E-state index is -1.47. The zero-order valence-corrected chi connectivity index (χ0v) is 15.4. The minimum Gasteiger partial charge on any atom is -0.461 e. The number of hydrogen-bond donors (Lipinski definition) is 0. The van der Waals surface area contributed by atoms with Crippen molar-refractivity contribution < 1.29 is 14.3 Å². The molecule has 0 bridgehead atoms. The van der Waals surface area contributed by atoms with Crippen molar-refractivity contribution >= 4 is 30.4 Å². The van der Waals surface area contributed by atoms with Crippen molar-refractivity contribution in [2.45, 2.75) is 26.6 Å². The Balaban J connectivity index is 2.33. The first-order valence-electron chi connectivity index (χ1n) is 7.44. The maximum atomic E-state index is 12.1. The third-order valence-electron chi connectivity index (χ3n) is 2.92. The highest BCUT2D eigenvalue weighted by molar-refractivity contribution is 7.16. The van der Waals surface area contributed by atoms with Gasteiger partial charge in [-0.3, -0.25) is 0 Å². The van der Waals surface area contributed by atoms with Crippen molar-refractivity contribution in [1.29, 1.82) is 0 Å². The molecule has 2 rings (SSSR count). The van der Waals surface area contributed by atoms with Gasteiger partial charge in [0.15, 0.2) is 10.7 Å². The molecule has 0 saturated carbocycles. The fourth-order valence-electron chi connectivity index (χ4n) is 1.92. The van der Waals surface area contributed by atoms with Crippen LogP contribution in [-0.4, -0.2) is 51.9 Å². The summed E-state index contributed by atoms with van der Waals surface area (Å²) in [5, 5.41) is 1.54. The van der Waals surface area contributed by atoms with E-state index in [1.165, 1.54) is 11.3 Å². The predicted octanol–water partition coefficient (Wildman–Crippen LogP) is 2.39. The zero-order valence-electron chi connectivity index (χ0n) is 13.6. The van der Waals surface area contributed by atoms with E-state index < -0.39 is 8.07 Å². The molecule has 0 aliphatic carbocycles. The van der Waals surface area contributed by atoms with Gasteiger partial charge in [-0.1, -0.05) is 31.0 Å². The molecule has 120 valence electrons. The number of carbonyl (C=O) groups is 1. The van der Waals surface area contributed by atoms with Crippen LogP contribution in [0.3, 0.4) is 0 Å². The zero-order chi connectivity index (χ0) is 16.2. The summed E-state index contributed by atoms with van der Waals surface area (Å²) in [6.07, 6.45) is 0. The first-order valence-corrected chi connectivity index (χ1v) is 11.8. The van der Waals surface area contributed by atoms with Crippen LogP contribution >= 0.6 is 11.3 Å². The number of esters is 1. The number of rotatable bonds is 3. The van der Waals surface area contributed by atoms with E-state index in [-0.39, 0.29) is 5.97 Å². The fourth-order valence-corrected chi connectivity index (χ4v) is 3.46. The van der Waals surface area contributed by atoms with Gasteiger partial charge in [-0.15, -0.1) is 5.54 Å². The van der Waals surface area contributed by atoms with Gasteiger partial charge < -0.3 is 14.4 Å². The topological polar surface area (TPSA) is 51.7 Å². The second kappa shape index (κ2) is 7.27. The summed E-state index contributed by atoms with van der Waals surface area (Å²) in [4.78, 5) is 18.7. The van der Waals surface area contributed by atoms with E-state index in [1.807, 2.05) is 0 Å². The SMILES string of the molecule is CCOC(=O)c1nc(C#C[Si](C)(C)C)sc1N1CCOCC1. The van der Waals surface area contributed by atoms with Crippen molar-refractivity contribution in [3.63, 3.8) is 0 Å². The maximum absolute atomic E-state index is 12.1. The van der Waals surface area contributed by atoms with E-state index in [0.717, 1.165) is 18.1 Å². The van der Waals surface area contributed by atoms with Crippen LogP contribution in [0, 0.1) is 11.5 Å². The van der Waals surface area contributed by atoms with Crippen molar-refractivity contribution in [1.82, 2.24) is 4.98 Å². The first kappa shape index (κ1) is 17.0. The van der Waals surface area contributed by atoms with Gasteiger partial charge in [-0.05, 0) is 12.8 Å². The third-order valence-corrected chi connectivity index (χ3v) is 4.83. The van der Waals surface area contributed by atoms with Gasteiger partial charge in [0.25, 0.3) is 0 Å². The summed E-state index contributed by atoms with van der Waals surface area (Å²) in [6, 6.07) is 0. The van der Waals surface area contributed by atoms with Crippen LogP contribution in [-0.2, 0) is 9.47 Å². The molecular formula is C15H22N2O3SSi. The molecule has 0 radical (unpaired) electrons. The Morgan fingerprint density at radius 3 is 2.68 bits per heavy atom. The van der Waals surface area contributed by atoms with Crippen LogP contribution in [0.2, 0.25) is 19.6 Å². The molecule has 0 N–H and O–H groups in total. The van der Waals surface area contributed by atoms with E-state index >= 15 is 0 Å². The predicted molar refractivity (Wildman–Crippen MR) is 91.3 cm³/mol. The molecule has 1 fully saturated rings. The lowest BCUT2D eigenvalue weighted by Gasteiger charge is -2.27. The lowest BCUT2D eigenvalue weighted by atomic mass is 10.3. The number of anilines is 1. The molecule has 1 aromatic rings. The summed E-state index contributed by atoms with van der Waals surface area (Å²) in [6.45, 7) is 11.5. The average molecular weight is 339 g/mol. The molecule has 0 aromatic carbocycles. The summed E-state index contributed by atoms with van der Waals surface area (Å²) < 4.78 is 10.5. The van der Waals surface area contributed by atoms with Gasteiger partial charge in [0.1, 0.15) is 13.1 Å². The highest BCUT2D eigenvalue weighted by atomic mass is 32.1. The molecule has 5 nitrogen and oxygen atoms in total. The van der Waals surface area contributed by atoms with E-state index in [0.29, 0.717) is 30.5 Å². The fraction of sp³-hybridized carbons (Fsp3) is 0.600. The summed E-state index contributed by atoms with van der Waals surface area (Å²) in [5.41, 5.74) is 3.68. The molecule has 2 heterocycles. The van der Waals surface area contributed by atoms with Crippen LogP contribution in [0.5, 0.6) is 0 Å². The molecule has 1 aromatic heterocycles. The second-order valence-electron chi connectivity index (χ2n) is 5.99. The Morgan fingerprint density at radius 1 is 1.41 bits per heavy atom. The molecule has 7 heteroatoms. The first-order chi connectivity index (χ1) is 10.4. The van der Waals surface area contributed by atoms with Gasteiger partial charge in [0.2, 0.25) is 0 Å². The largest absolute Gasteiger partial charge is 0.461 e. The van der Waals surface area contributed by atoms with Gasteiger partial charge >= 0.3 is 5.97 Å². The second-order valence-corrected chi connectivity index (χ2v) is 11.7.